The zero-order valence-corrected chi connectivity index (χ0v) is 22.2. The van der Waals surface area contributed by atoms with E-state index in [4.69, 9.17) is 10.7 Å². The molecule has 0 fully saturated rings. The molecule has 5 rings (SSSR count). The number of aromatic nitrogens is 1. The van der Waals surface area contributed by atoms with Crippen LogP contribution in [0.3, 0.4) is 0 Å². The zero-order valence-electron chi connectivity index (χ0n) is 22.2. The quantitative estimate of drug-likeness (QED) is 0.245. The second kappa shape index (κ2) is 10.4. The van der Waals surface area contributed by atoms with Gasteiger partial charge in [-0.05, 0) is 72.7 Å². The molecule has 0 aliphatic carbocycles. The highest BCUT2D eigenvalue weighted by Crippen LogP contribution is 2.37. The van der Waals surface area contributed by atoms with E-state index in [0.717, 1.165) is 46.6 Å². The molecule has 1 heterocycles. The molecule has 0 aliphatic rings. The Labute approximate surface area is 220 Å². The maximum absolute atomic E-state index is 6.74. The number of rotatable bonds is 6. The van der Waals surface area contributed by atoms with E-state index >= 15 is 0 Å². The van der Waals surface area contributed by atoms with Gasteiger partial charge in [0.1, 0.15) is 0 Å². The van der Waals surface area contributed by atoms with Gasteiger partial charge in [-0.15, -0.1) is 0 Å². The lowest BCUT2D eigenvalue weighted by Gasteiger charge is -2.16. The summed E-state index contributed by atoms with van der Waals surface area (Å²) in [5.74, 6) is 0. The molecule has 0 amide bonds. The molecule has 2 nitrogen and oxygen atoms in total. The minimum atomic E-state index is 0.771. The van der Waals surface area contributed by atoms with E-state index in [0.29, 0.717) is 0 Å². The van der Waals surface area contributed by atoms with E-state index in [1.165, 1.54) is 38.9 Å². The molecule has 4 aromatic carbocycles. The fourth-order valence-corrected chi connectivity index (χ4v) is 5.27. The van der Waals surface area contributed by atoms with Crippen molar-refractivity contribution in [3.63, 3.8) is 0 Å². The Balaban J connectivity index is 1.69. The normalized spacial score (nSPS) is 11.0. The van der Waals surface area contributed by atoms with Gasteiger partial charge < -0.3 is 5.73 Å². The molecule has 0 spiro atoms. The molecular formula is C35H34N2. The second-order valence-electron chi connectivity index (χ2n) is 9.83. The van der Waals surface area contributed by atoms with Gasteiger partial charge >= 0.3 is 0 Å². The second-order valence-corrected chi connectivity index (χ2v) is 9.83. The topological polar surface area (TPSA) is 38.9 Å². The number of hydrogen-bond acceptors (Lipinski definition) is 2. The Bertz CT molecular complexity index is 1490. The molecule has 5 aromatic rings. The minimum Gasteiger partial charge on any atom is -0.398 e. The average molecular weight is 483 g/mol. The number of pyridine rings is 1. The molecule has 0 unspecified atom stereocenters. The first kappa shape index (κ1) is 24.5. The van der Waals surface area contributed by atoms with Gasteiger partial charge in [0.2, 0.25) is 0 Å². The van der Waals surface area contributed by atoms with Crippen LogP contribution < -0.4 is 5.73 Å². The number of nitrogens with two attached hydrogens (primary N) is 1. The van der Waals surface area contributed by atoms with Crippen molar-refractivity contribution in [2.45, 2.75) is 40.5 Å². The average Bonchev–Trinajstić information content (AvgIpc) is 2.92. The van der Waals surface area contributed by atoms with Gasteiger partial charge in [-0.1, -0.05) is 104 Å². The van der Waals surface area contributed by atoms with E-state index in [2.05, 4.69) is 125 Å². The number of hydrogen-bond donors (Lipinski definition) is 1. The highest BCUT2D eigenvalue weighted by Gasteiger charge is 2.14. The summed E-state index contributed by atoms with van der Waals surface area (Å²) in [6.07, 6.45) is 1.91. The fraction of sp³-hybridized carbons (Fsp3) is 0.171. The van der Waals surface area contributed by atoms with Crippen molar-refractivity contribution < 1.29 is 0 Å². The number of aryl methyl sites for hydroxylation is 4. The molecule has 2 heteroatoms. The molecule has 37 heavy (non-hydrogen) atoms. The standard InChI is InChI=1S/C35H34N2/c1-5-25-11-7-9-13-31(25)34-21-29(22-35(37-34)32-14-10-8-12-26(32)6-2)30-16-15-27(20-33(30)36)28-18-23(3)17-24(4)19-28/h7-22H,5-6,36H2,1-4H3. The summed E-state index contributed by atoms with van der Waals surface area (Å²) in [5, 5.41) is 0. The Hall–Kier alpha value is -4.17. The van der Waals surface area contributed by atoms with Gasteiger partial charge in [0.05, 0.1) is 11.4 Å². The maximum atomic E-state index is 6.74. The molecular weight excluding hydrogens is 448 g/mol. The van der Waals surface area contributed by atoms with Crippen molar-refractivity contribution >= 4 is 5.69 Å². The summed E-state index contributed by atoms with van der Waals surface area (Å²) in [5.41, 5.74) is 21.4. The SMILES string of the molecule is CCc1ccccc1-c1cc(-c2ccc(-c3cc(C)cc(C)c3)cc2N)cc(-c2ccccc2CC)n1. The summed E-state index contributed by atoms with van der Waals surface area (Å²) in [7, 11) is 0. The molecule has 2 N–H and O–H groups in total. The molecule has 0 atom stereocenters. The van der Waals surface area contributed by atoms with Gasteiger partial charge in [0, 0.05) is 22.4 Å². The van der Waals surface area contributed by atoms with E-state index in [-0.39, 0.29) is 0 Å². The molecule has 0 radical (unpaired) electrons. The molecule has 184 valence electrons. The summed E-state index contributed by atoms with van der Waals surface area (Å²) in [6.45, 7) is 8.66. The van der Waals surface area contributed by atoms with E-state index in [9.17, 15) is 0 Å². The van der Waals surface area contributed by atoms with Crippen LogP contribution in [-0.4, -0.2) is 4.98 Å². The highest BCUT2D eigenvalue weighted by molar-refractivity contribution is 5.86. The largest absolute Gasteiger partial charge is 0.398 e. The van der Waals surface area contributed by atoms with E-state index < -0.39 is 0 Å². The van der Waals surface area contributed by atoms with Crippen molar-refractivity contribution in [3.05, 3.63) is 119 Å². The predicted molar refractivity (Wildman–Crippen MR) is 159 cm³/mol. The van der Waals surface area contributed by atoms with Gasteiger partial charge in [-0.2, -0.15) is 0 Å². The molecule has 0 saturated heterocycles. The predicted octanol–water partition coefficient (Wildman–Crippen LogP) is 9.07. The van der Waals surface area contributed by atoms with Crippen LogP contribution in [0.2, 0.25) is 0 Å². The Kier molecular flexibility index (Phi) is 6.92. The number of benzene rings is 4. The van der Waals surface area contributed by atoms with E-state index in [1.807, 2.05) is 0 Å². The van der Waals surface area contributed by atoms with Crippen LogP contribution in [0, 0.1) is 13.8 Å². The summed E-state index contributed by atoms with van der Waals surface area (Å²) >= 11 is 0. The van der Waals surface area contributed by atoms with Crippen LogP contribution in [0.5, 0.6) is 0 Å². The van der Waals surface area contributed by atoms with Crippen LogP contribution in [0.4, 0.5) is 5.69 Å². The first-order valence-electron chi connectivity index (χ1n) is 13.1. The third-order valence-electron chi connectivity index (χ3n) is 7.09. The lowest BCUT2D eigenvalue weighted by molar-refractivity contribution is 1.13. The lowest BCUT2D eigenvalue weighted by Crippen LogP contribution is -1.98. The van der Waals surface area contributed by atoms with Crippen molar-refractivity contribution in [2.75, 3.05) is 5.73 Å². The summed E-state index contributed by atoms with van der Waals surface area (Å²) in [4.78, 5) is 5.19. The van der Waals surface area contributed by atoms with Gasteiger partial charge in [-0.25, -0.2) is 4.98 Å². The van der Waals surface area contributed by atoms with Crippen LogP contribution in [0.25, 0.3) is 44.8 Å². The molecule has 0 bridgehead atoms. The van der Waals surface area contributed by atoms with Gasteiger partial charge in [-0.3, -0.25) is 0 Å². The van der Waals surface area contributed by atoms with Crippen LogP contribution in [0.15, 0.2) is 97.1 Å². The smallest absolute Gasteiger partial charge is 0.0718 e. The van der Waals surface area contributed by atoms with Crippen molar-refractivity contribution in [1.29, 1.82) is 0 Å². The Morgan fingerprint density at radius 1 is 0.541 bits per heavy atom. The number of nitrogen functional groups attached to an aromatic ring is 1. The van der Waals surface area contributed by atoms with E-state index in [1.54, 1.807) is 0 Å². The summed E-state index contributed by atoms with van der Waals surface area (Å²) < 4.78 is 0. The summed E-state index contributed by atoms with van der Waals surface area (Å²) in [6, 6.07) is 34.6. The Morgan fingerprint density at radius 3 is 1.59 bits per heavy atom. The number of nitrogens with zero attached hydrogens (tertiary/aromatic N) is 1. The van der Waals surface area contributed by atoms with Crippen molar-refractivity contribution in [1.82, 2.24) is 4.98 Å². The van der Waals surface area contributed by atoms with Gasteiger partial charge in [0.15, 0.2) is 0 Å². The minimum absolute atomic E-state index is 0.771. The molecule has 0 saturated carbocycles. The maximum Gasteiger partial charge on any atom is 0.0718 e. The fourth-order valence-electron chi connectivity index (χ4n) is 5.27. The van der Waals surface area contributed by atoms with Crippen LogP contribution in [0.1, 0.15) is 36.1 Å². The Morgan fingerprint density at radius 2 is 1.08 bits per heavy atom. The lowest BCUT2D eigenvalue weighted by atomic mass is 9.93. The number of anilines is 1. The zero-order chi connectivity index (χ0) is 25.9. The third kappa shape index (κ3) is 5.06. The highest BCUT2D eigenvalue weighted by atomic mass is 14.7. The third-order valence-corrected chi connectivity index (χ3v) is 7.09. The van der Waals surface area contributed by atoms with Crippen LogP contribution >= 0.6 is 0 Å². The molecule has 0 aliphatic heterocycles. The monoisotopic (exact) mass is 482 g/mol. The first-order chi connectivity index (χ1) is 18.0. The molecule has 1 aromatic heterocycles. The first-order valence-corrected chi connectivity index (χ1v) is 13.1. The van der Waals surface area contributed by atoms with Crippen molar-refractivity contribution in [2.24, 2.45) is 0 Å². The van der Waals surface area contributed by atoms with Crippen molar-refractivity contribution in [3.8, 4) is 44.8 Å². The van der Waals surface area contributed by atoms with Crippen LogP contribution in [-0.2, 0) is 12.8 Å². The van der Waals surface area contributed by atoms with Gasteiger partial charge in [0.25, 0.3) is 0 Å².